The number of thioether (sulfide) groups is 1. The van der Waals surface area contributed by atoms with Gasteiger partial charge in [0.25, 0.3) is 5.92 Å². The Bertz CT molecular complexity index is 191. The summed E-state index contributed by atoms with van der Waals surface area (Å²) in [6.07, 6.45) is 0. The Morgan fingerprint density at radius 1 is 0.929 bits per heavy atom. The van der Waals surface area contributed by atoms with Crippen LogP contribution in [-0.4, -0.2) is 22.6 Å². The second kappa shape index (κ2) is 3.79. The summed E-state index contributed by atoms with van der Waals surface area (Å²) in [5, 5.41) is -4.86. The van der Waals surface area contributed by atoms with Gasteiger partial charge < -0.3 is 0 Å². The highest BCUT2D eigenvalue weighted by Gasteiger charge is 2.57. The summed E-state index contributed by atoms with van der Waals surface area (Å²) < 4.78 is 85.3. The van der Waals surface area contributed by atoms with Crippen LogP contribution < -0.4 is 0 Å². The van der Waals surface area contributed by atoms with Crippen LogP contribution in [0.2, 0.25) is 0 Å². The molecule has 1 unspecified atom stereocenters. The predicted molar refractivity (Wildman–Crippen MR) is 38.7 cm³/mol. The van der Waals surface area contributed by atoms with Crippen molar-refractivity contribution < 1.29 is 30.7 Å². The molecule has 1 atom stereocenters. The fourth-order valence-corrected chi connectivity index (χ4v) is 1.01. The minimum Gasteiger partial charge on any atom is -0.229 e. The quantitative estimate of drug-likeness (QED) is 0.675. The van der Waals surface area contributed by atoms with Gasteiger partial charge in [0, 0.05) is 13.8 Å². The van der Waals surface area contributed by atoms with Gasteiger partial charge in [-0.25, -0.2) is 13.2 Å². The van der Waals surface area contributed by atoms with Crippen LogP contribution in [0, 0.1) is 0 Å². The molecule has 0 aromatic heterocycles. The lowest BCUT2D eigenvalue weighted by atomic mass is 10.4. The Balaban J connectivity index is 4.53. The van der Waals surface area contributed by atoms with Crippen LogP contribution in [0.15, 0.2) is 0 Å². The summed E-state index contributed by atoms with van der Waals surface area (Å²) in [6.45, 7) is -0.130. The van der Waals surface area contributed by atoms with Crippen LogP contribution >= 0.6 is 11.8 Å². The second-order valence-electron chi connectivity index (χ2n) is 2.80. The highest BCUT2D eigenvalue weighted by atomic mass is 32.2. The summed E-state index contributed by atoms with van der Waals surface area (Å²) in [4.78, 5) is 0. The molecule has 0 rings (SSSR count). The monoisotopic (exact) mass is 244 g/mol. The average molecular weight is 244 g/mol. The van der Waals surface area contributed by atoms with Crippen molar-refractivity contribution >= 4 is 11.8 Å². The van der Waals surface area contributed by atoms with E-state index in [1.54, 1.807) is 0 Å². The Hall–Kier alpha value is -0.140. The van der Waals surface area contributed by atoms with Crippen molar-refractivity contribution in [2.24, 2.45) is 0 Å². The van der Waals surface area contributed by atoms with Crippen molar-refractivity contribution in [3.05, 3.63) is 0 Å². The standard InChI is InChI=1S/C6H7F7S/c1-4(8,9)3(7)14-6(12,13)5(2,10)11/h3H,1-2H3. The van der Waals surface area contributed by atoms with Crippen molar-refractivity contribution in [3.63, 3.8) is 0 Å². The van der Waals surface area contributed by atoms with Crippen molar-refractivity contribution in [2.45, 2.75) is 36.5 Å². The van der Waals surface area contributed by atoms with Crippen LogP contribution in [0.5, 0.6) is 0 Å². The molecule has 86 valence electrons. The molecule has 0 N–H and O–H groups in total. The largest absolute Gasteiger partial charge is 0.358 e. The van der Waals surface area contributed by atoms with Crippen LogP contribution in [0.1, 0.15) is 13.8 Å². The van der Waals surface area contributed by atoms with E-state index in [1.165, 1.54) is 0 Å². The molecule has 14 heavy (non-hydrogen) atoms. The summed E-state index contributed by atoms with van der Waals surface area (Å²) >= 11 is -1.38. The van der Waals surface area contributed by atoms with Gasteiger partial charge in [-0.15, -0.1) is 0 Å². The van der Waals surface area contributed by atoms with E-state index in [1.807, 2.05) is 0 Å². The molecule has 0 nitrogen and oxygen atoms in total. The lowest BCUT2D eigenvalue weighted by Crippen LogP contribution is -2.38. The minimum atomic E-state index is -4.86. The lowest BCUT2D eigenvalue weighted by Gasteiger charge is -2.25. The molecule has 8 heteroatoms. The summed E-state index contributed by atoms with van der Waals surface area (Å²) in [5.74, 6) is -8.63. The summed E-state index contributed by atoms with van der Waals surface area (Å²) in [5.41, 5.74) is -3.37. The third kappa shape index (κ3) is 3.55. The van der Waals surface area contributed by atoms with Gasteiger partial charge in [0.1, 0.15) is 0 Å². The molecule has 0 saturated carbocycles. The fourth-order valence-electron chi connectivity index (χ4n) is 0.337. The van der Waals surface area contributed by atoms with E-state index < -0.39 is 34.4 Å². The second-order valence-corrected chi connectivity index (χ2v) is 3.96. The van der Waals surface area contributed by atoms with Crippen molar-refractivity contribution in [2.75, 3.05) is 0 Å². The molecule has 0 aliphatic heterocycles. The van der Waals surface area contributed by atoms with Crippen LogP contribution in [-0.2, 0) is 0 Å². The van der Waals surface area contributed by atoms with E-state index in [4.69, 9.17) is 0 Å². The zero-order valence-corrected chi connectivity index (χ0v) is 7.95. The average Bonchev–Trinajstić information content (AvgIpc) is 1.80. The van der Waals surface area contributed by atoms with Gasteiger partial charge in [-0.1, -0.05) is 0 Å². The molecule has 0 heterocycles. The first-order valence-corrected chi connectivity index (χ1v) is 4.21. The Morgan fingerprint density at radius 3 is 1.50 bits per heavy atom. The third-order valence-corrected chi connectivity index (χ3v) is 2.44. The smallest absolute Gasteiger partial charge is 0.229 e. The number of rotatable bonds is 4. The van der Waals surface area contributed by atoms with Gasteiger partial charge in [0.05, 0.1) is 0 Å². The van der Waals surface area contributed by atoms with E-state index in [0.717, 1.165) is 0 Å². The SMILES string of the molecule is CC(F)(F)C(F)SC(F)(F)C(C)(F)F. The highest BCUT2D eigenvalue weighted by molar-refractivity contribution is 8.00. The third-order valence-electron chi connectivity index (χ3n) is 1.16. The molecule has 0 aliphatic rings. The van der Waals surface area contributed by atoms with Gasteiger partial charge in [0.2, 0.25) is 5.50 Å². The molecule has 0 radical (unpaired) electrons. The zero-order chi connectivity index (χ0) is 11.8. The van der Waals surface area contributed by atoms with Crippen LogP contribution in [0.3, 0.4) is 0 Å². The van der Waals surface area contributed by atoms with E-state index >= 15 is 0 Å². The van der Waals surface area contributed by atoms with Gasteiger partial charge in [0.15, 0.2) is 0 Å². The fraction of sp³-hybridized carbons (Fsp3) is 1.00. The van der Waals surface area contributed by atoms with E-state index in [0.29, 0.717) is 0 Å². The first-order chi connectivity index (χ1) is 5.88. The molecule has 0 aromatic carbocycles. The van der Waals surface area contributed by atoms with E-state index in [-0.39, 0.29) is 13.8 Å². The zero-order valence-electron chi connectivity index (χ0n) is 7.13. The first-order valence-electron chi connectivity index (χ1n) is 3.33. The molecule has 0 aliphatic carbocycles. The summed E-state index contributed by atoms with van der Waals surface area (Å²) in [6, 6.07) is 0. The molecule has 0 bridgehead atoms. The number of hydrogen-bond donors (Lipinski definition) is 0. The Labute approximate surface area is 79.8 Å². The molecule has 0 amide bonds. The van der Waals surface area contributed by atoms with Crippen LogP contribution in [0.4, 0.5) is 30.7 Å². The first kappa shape index (κ1) is 13.9. The Morgan fingerprint density at radius 2 is 1.29 bits per heavy atom. The van der Waals surface area contributed by atoms with Gasteiger partial charge in [-0.3, -0.25) is 0 Å². The van der Waals surface area contributed by atoms with Crippen molar-refractivity contribution in [1.82, 2.24) is 0 Å². The molecule has 0 fully saturated rings. The normalized spacial score (nSPS) is 16.9. The Kier molecular flexibility index (Phi) is 3.75. The van der Waals surface area contributed by atoms with Crippen molar-refractivity contribution in [3.8, 4) is 0 Å². The van der Waals surface area contributed by atoms with Crippen molar-refractivity contribution in [1.29, 1.82) is 0 Å². The lowest BCUT2D eigenvalue weighted by molar-refractivity contribution is -0.140. The molecular weight excluding hydrogens is 237 g/mol. The van der Waals surface area contributed by atoms with Gasteiger partial charge >= 0.3 is 11.2 Å². The highest BCUT2D eigenvalue weighted by Crippen LogP contribution is 2.48. The number of halogens is 7. The topological polar surface area (TPSA) is 0 Å². The minimum absolute atomic E-state index is 0.0363. The predicted octanol–water partition coefficient (Wildman–Crippen LogP) is 3.92. The summed E-state index contributed by atoms with van der Waals surface area (Å²) in [7, 11) is 0. The molecular formula is C6H7F7S. The molecule has 0 spiro atoms. The van der Waals surface area contributed by atoms with Gasteiger partial charge in [-0.2, -0.15) is 17.6 Å². The maximum atomic E-state index is 12.4. The maximum absolute atomic E-state index is 12.4. The number of hydrogen-bond acceptors (Lipinski definition) is 1. The molecule has 0 aromatic rings. The molecule has 0 saturated heterocycles. The van der Waals surface area contributed by atoms with Crippen LogP contribution in [0.25, 0.3) is 0 Å². The number of alkyl halides is 7. The van der Waals surface area contributed by atoms with E-state index in [2.05, 4.69) is 0 Å². The van der Waals surface area contributed by atoms with Gasteiger partial charge in [-0.05, 0) is 11.8 Å². The maximum Gasteiger partial charge on any atom is 0.358 e. The van der Waals surface area contributed by atoms with E-state index in [9.17, 15) is 30.7 Å².